The molecular weight excluding hydrogens is 514 g/mol. The highest BCUT2D eigenvalue weighted by Crippen LogP contribution is 2.14. The first-order valence-corrected chi connectivity index (χ1v) is 17.7. The SMILES string of the molecule is CCCCCCCCCCCCCC(=O)OCC[N+](C)(CCO)CCOC(=O)CCCCCCCCCCCCC. The van der Waals surface area contributed by atoms with Crippen LogP contribution in [0.25, 0.3) is 0 Å². The van der Waals surface area contributed by atoms with Gasteiger partial charge in [0.05, 0.1) is 13.7 Å². The largest absolute Gasteiger partial charge is 0.460 e. The Balaban J connectivity index is 3.77. The second-order valence-corrected chi connectivity index (χ2v) is 12.5. The van der Waals surface area contributed by atoms with E-state index in [2.05, 4.69) is 13.8 Å². The monoisotopic (exact) mass is 585 g/mol. The fraction of sp³-hybridized carbons (Fsp3) is 0.943. The fourth-order valence-corrected chi connectivity index (χ4v) is 5.35. The molecule has 6 nitrogen and oxygen atoms in total. The molecule has 6 heteroatoms. The zero-order valence-corrected chi connectivity index (χ0v) is 27.7. The number of ether oxygens (including phenoxy) is 2. The van der Waals surface area contributed by atoms with Crippen LogP contribution in [0.2, 0.25) is 0 Å². The molecule has 0 amide bonds. The van der Waals surface area contributed by atoms with E-state index in [1.54, 1.807) is 0 Å². The van der Waals surface area contributed by atoms with Gasteiger partial charge in [0.25, 0.3) is 0 Å². The van der Waals surface area contributed by atoms with E-state index in [0.717, 1.165) is 25.7 Å². The molecule has 0 saturated carbocycles. The number of hydrogen-bond acceptors (Lipinski definition) is 5. The van der Waals surface area contributed by atoms with Gasteiger partial charge in [-0.1, -0.05) is 142 Å². The van der Waals surface area contributed by atoms with Crippen molar-refractivity contribution in [1.29, 1.82) is 0 Å². The lowest BCUT2D eigenvalue weighted by atomic mass is 10.1. The molecule has 0 aromatic rings. The van der Waals surface area contributed by atoms with Crippen molar-refractivity contribution >= 4 is 11.9 Å². The van der Waals surface area contributed by atoms with E-state index in [1.807, 2.05) is 7.05 Å². The van der Waals surface area contributed by atoms with E-state index in [1.165, 1.54) is 116 Å². The Kier molecular flexibility index (Phi) is 29.5. The van der Waals surface area contributed by atoms with Crippen molar-refractivity contribution in [3.05, 3.63) is 0 Å². The summed E-state index contributed by atoms with van der Waals surface area (Å²) in [6, 6.07) is 0. The quantitative estimate of drug-likeness (QED) is 0.0485. The summed E-state index contributed by atoms with van der Waals surface area (Å²) in [6.45, 7) is 7.00. The number of aliphatic hydroxyl groups excluding tert-OH is 1. The number of carbonyl (C=O) groups is 2. The van der Waals surface area contributed by atoms with Gasteiger partial charge < -0.3 is 19.1 Å². The lowest BCUT2D eigenvalue weighted by molar-refractivity contribution is -0.910. The lowest BCUT2D eigenvalue weighted by Gasteiger charge is -2.33. The Morgan fingerprint density at radius 1 is 0.488 bits per heavy atom. The van der Waals surface area contributed by atoms with Gasteiger partial charge in [-0.3, -0.25) is 9.59 Å². The summed E-state index contributed by atoms with van der Waals surface area (Å²) < 4.78 is 11.5. The first-order chi connectivity index (χ1) is 20.0. The Morgan fingerprint density at radius 3 is 1.07 bits per heavy atom. The topological polar surface area (TPSA) is 72.8 Å². The van der Waals surface area contributed by atoms with Crippen molar-refractivity contribution in [2.45, 2.75) is 168 Å². The molecule has 0 radical (unpaired) electrons. The molecule has 0 saturated heterocycles. The van der Waals surface area contributed by atoms with Crippen molar-refractivity contribution in [3.8, 4) is 0 Å². The maximum absolute atomic E-state index is 12.1. The van der Waals surface area contributed by atoms with Crippen LogP contribution in [0.15, 0.2) is 0 Å². The van der Waals surface area contributed by atoms with E-state index in [9.17, 15) is 14.7 Å². The molecule has 0 heterocycles. The number of quaternary nitrogens is 1. The molecule has 244 valence electrons. The molecule has 41 heavy (non-hydrogen) atoms. The number of nitrogens with zero attached hydrogens (tertiary/aromatic N) is 1. The first kappa shape index (κ1) is 39.9. The minimum Gasteiger partial charge on any atom is -0.460 e. The molecule has 0 atom stereocenters. The minimum atomic E-state index is -0.130. The zero-order valence-electron chi connectivity index (χ0n) is 27.7. The van der Waals surface area contributed by atoms with E-state index in [4.69, 9.17) is 9.47 Å². The zero-order chi connectivity index (χ0) is 30.3. The van der Waals surface area contributed by atoms with Crippen LogP contribution < -0.4 is 0 Å². The van der Waals surface area contributed by atoms with Crippen molar-refractivity contribution in [2.75, 3.05) is 46.5 Å². The van der Waals surface area contributed by atoms with Gasteiger partial charge in [-0.25, -0.2) is 0 Å². The molecule has 0 fully saturated rings. The standard InChI is InChI=1S/C35H70NO5/c1-4-6-8-10-12-14-16-18-20-22-24-26-34(38)40-32-29-36(3,28-31-37)30-33-41-35(39)27-25-23-21-19-17-15-13-11-9-7-5-2/h37H,4-33H2,1-3H3/q+1. The third kappa shape index (κ3) is 28.7. The number of rotatable bonds is 32. The first-order valence-electron chi connectivity index (χ1n) is 17.7. The summed E-state index contributed by atoms with van der Waals surface area (Å²) in [5.41, 5.74) is 0. The van der Waals surface area contributed by atoms with Crippen LogP contribution in [0.1, 0.15) is 168 Å². The van der Waals surface area contributed by atoms with Gasteiger partial charge in [-0.15, -0.1) is 0 Å². The molecule has 0 bridgehead atoms. The highest BCUT2D eigenvalue weighted by Gasteiger charge is 2.22. The van der Waals surface area contributed by atoms with Crippen molar-refractivity contribution in [3.63, 3.8) is 0 Å². The van der Waals surface area contributed by atoms with Gasteiger partial charge in [0, 0.05) is 12.8 Å². The van der Waals surface area contributed by atoms with Crippen LogP contribution >= 0.6 is 0 Å². The number of hydrogen-bond donors (Lipinski definition) is 1. The van der Waals surface area contributed by atoms with Gasteiger partial charge in [0.15, 0.2) is 0 Å². The van der Waals surface area contributed by atoms with Gasteiger partial charge in [-0.05, 0) is 12.8 Å². The molecule has 0 aromatic carbocycles. The second kappa shape index (κ2) is 30.3. The van der Waals surface area contributed by atoms with Crippen LogP contribution in [0.3, 0.4) is 0 Å². The van der Waals surface area contributed by atoms with E-state index in [0.29, 0.717) is 50.2 Å². The third-order valence-corrected chi connectivity index (χ3v) is 8.40. The van der Waals surface area contributed by atoms with E-state index in [-0.39, 0.29) is 18.5 Å². The molecular formula is C35H70NO5+. The molecule has 1 N–H and O–H groups in total. The number of esters is 2. The summed E-state index contributed by atoms with van der Waals surface area (Å²) in [5, 5.41) is 9.53. The van der Waals surface area contributed by atoms with Crippen molar-refractivity contribution in [2.24, 2.45) is 0 Å². The summed E-state index contributed by atoms with van der Waals surface area (Å²) >= 11 is 0. The van der Waals surface area contributed by atoms with Crippen LogP contribution in [0.4, 0.5) is 0 Å². The van der Waals surface area contributed by atoms with Crippen molar-refractivity contribution in [1.82, 2.24) is 0 Å². The number of unbranched alkanes of at least 4 members (excludes halogenated alkanes) is 20. The summed E-state index contributed by atoms with van der Waals surface area (Å²) in [7, 11) is 2.02. The highest BCUT2D eigenvalue weighted by molar-refractivity contribution is 5.69. The third-order valence-electron chi connectivity index (χ3n) is 8.40. The lowest BCUT2D eigenvalue weighted by Crippen LogP contribution is -2.50. The highest BCUT2D eigenvalue weighted by atomic mass is 16.5. The van der Waals surface area contributed by atoms with Gasteiger partial charge in [0.2, 0.25) is 0 Å². The average molecular weight is 585 g/mol. The van der Waals surface area contributed by atoms with Gasteiger partial charge in [0.1, 0.15) is 32.8 Å². The van der Waals surface area contributed by atoms with Gasteiger partial charge in [-0.2, -0.15) is 0 Å². The van der Waals surface area contributed by atoms with Crippen LogP contribution in [-0.2, 0) is 19.1 Å². The maximum atomic E-state index is 12.1. The van der Waals surface area contributed by atoms with Crippen molar-refractivity contribution < 1.29 is 28.7 Å². The predicted octanol–water partition coefficient (Wildman–Crippen LogP) is 8.91. The average Bonchev–Trinajstić information content (AvgIpc) is 2.94. The Bertz CT molecular complexity index is 539. The van der Waals surface area contributed by atoms with E-state index < -0.39 is 0 Å². The Labute approximate surface area is 254 Å². The predicted molar refractivity (Wildman–Crippen MR) is 172 cm³/mol. The maximum Gasteiger partial charge on any atom is 0.305 e. The van der Waals surface area contributed by atoms with Crippen LogP contribution in [-0.4, -0.2) is 68.0 Å². The molecule has 0 aromatic heterocycles. The van der Waals surface area contributed by atoms with Crippen LogP contribution in [0, 0.1) is 0 Å². The molecule has 0 aliphatic rings. The molecule has 0 rings (SSSR count). The second-order valence-electron chi connectivity index (χ2n) is 12.5. The van der Waals surface area contributed by atoms with E-state index >= 15 is 0 Å². The summed E-state index contributed by atoms with van der Waals surface area (Å²) in [4.78, 5) is 24.3. The molecule has 0 spiro atoms. The Morgan fingerprint density at radius 2 is 0.780 bits per heavy atom. The smallest absolute Gasteiger partial charge is 0.305 e. The summed E-state index contributed by atoms with van der Waals surface area (Å²) in [6.07, 6.45) is 28.8. The number of carbonyl (C=O) groups excluding carboxylic acids is 2. The fourth-order valence-electron chi connectivity index (χ4n) is 5.35. The number of aliphatic hydroxyl groups is 1. The van der Waals surface area contributed by atoms with Crippen LogP contribution in [0.5, 0.6) is 0 Å². The summed E-state index contributed by atoms with van der Waals surface area (Å²) in [5.74, 6) is -0.259. The molecule has 0 aliphatic heterocycles. The Hall–Kier alpha value is -1.14. The minimum absolute atomic E-state index is 0.0515. The normalized spacial score (nSPS) is 11.6. The molecule has 0 unspecified atom stereocenters. The number of likely N-dealkylation sites (N-methyl/N-ethyl adjacent to an activating group) is 1. The molecule has 0 aliphatic carbocycles. The van der Waals surface area contributed by atoms with Gasteiger partial charge >= 0.3 is 11.9 Å².